The van der Waals surface area contributed by atoms with Gasteiger partial charge in [-0.2, -0.15) is 13.2 Å². The first kappa shape index (κ1) is 21.8. The van der Waals surface area contributed by atoms with Crippen molar-refractivity contribution in [3.05, 3.63) is 78.0 Å². The number of aliphatic hydroxyl groups is 1. The van der Waals surface area contributed by atoms with E-state index in [9.17, 15) is 23.1 Å². The van der Waals surface area contributed by atoms with Crippen LogP contribution in [0.3, 0.4) is 0 Å². The number of halogens is 3. The molecule has 1 aliphatic rings. The highest BCUT2D eigenvalue weighted by atomic mass is 19.4. The SMILES string of the molecule is O=C[C@@H](O)c1cc(-c2ccccc2)ccc1N1CC[C@@H](Oc2ccc(C(F)(F)F)cn2)C1. The Morgan fingerprint density at radius 2 is 1.88 bits per heavy atom. The van der Waals surface area contributed by atoms with Crippen LogP contribution in [0, 0.1) is 0 Å². The van der Waals surface area contributed by atoms with E-state index in [1.54, 1.807) is 6.07 Å². The van der Waals surface area contributed by atoms with Gasteiger partial charge in [-0.25, -0.2) is 4.98 Å². The van der Waals surface area contributed by atoms with Gasteiger partial charge in [0.25, 0.3) is 0 Å². The van der Waals surface area contributed by atoms with E-state index >= 15 is 0 Å². The molecule has 2 heterocycles. The molecule has 0 unspecified atom stereocenters. The van der Waals surface area contributed by atoms with Gasteiger partial charge >= 0.3 is 6.18 Å². The number of hydrogen-bond donors (Lipinski definition) is 1. The number of alkyl halides is 3. The van der Waals surface area contributed by atoms with Crippen molar-refractivity contribution in [1.29, 1.82) is 0 Å². The summed E-state index contributed by atoms with van der Waals surface area (Å²) in [6.45, 7) is 1.06. The molecule has 4 rings (SSSR count). The number of pyridine rings is 1. The van der Waals surface area contributed by atoms with Crippen LogP contribution < -0.4 is 9.64 Å². The van der Waals surface area contributed by atoms with E-state index in [0.29, 0.717) is 31.4 Å². The van der Waals surface area contributed by atoms with Gasteiger partial charge in [0, 0.05) is 36.5 Å². The fourth-order valence-electron chi connectivity index (χ4n) is 3.79. The first-order valence-electron chi connectivity index (χ1n) is 10.1. The van der Waals surface area contributed by atoms with Gasteiger partial charge in [0.05, 0.1) is 12.1 Å². The minimum atomic E-state index is -4.45. The lowest BCUT2D eigenvalue weighted by Crippen LogP contribution is -2.26. The summed E-state index contributed by atoms with van der Waals surface area (Å²) in [5.41, 5.74) is 2.23. The predicted octanol–water partition coefficient (Wildman–Crippen LogP) is 4.66. The highest BCUT2D eigenvalue weighted by molar-refractivity contribution is 5.74. The molecule has 166 valence electrons. The summed E-state index contributed by atoms with van der Waals surface area (Å²) < 4.78 is 43.9. The fourth-order valence-corrected chi connectivity index (χ4v) is 3.79. The molecule has 3 aromatic rings. The summed E-state index contributed by atoms with van der Waals surface area (Å²) in [6.07, 6.45) is -4.14. The Morgan fingerprint density at radius 1 is 1.09 bits per heavy atom. The molecule has 5 nitrogen and oxygen atoms in total. The smallest absolute Gasteiger partial charge is 0.417 e. The third-order valence-electron chi connectivity index (χ3n) is 5.42. The second-order valence-electron chi connectivity index (χ2n) is 7.58. The van der Waals surface area contributed by atoms with Gasteiger partial charge in [-0.1, -0.05) is 36.4 Å². The van der Waals surface area contributed by atoms with Gasteiger partial charge in [0.1, 0.15) is 12.2 Å². The molecule has 0 aliphatic carbocycles. The first-order valence-corrected chi connectivity index (χ1v) is 10.1. The summed E-state index contributed by atoms with van der Waals surface area (Å²) >= 11 is 0. The molecule has 0 radical (unpaired) electrons. The molecule has 1 aromatic heterocycles. The lowest BCUT2D eigenvalue weighted by Gasteiger charge is -2.24. The van der Waals surface area contributed by atoms with E-state index in [2.05, 4.69) is 4.98 Å². The first-order chi connectivity index (χ1) is 15.3. The van der Waals surface area contributed by atoms with E-state index in [-0.39, 0.29) is 12.0 Å². The van der Waals surface area contributed by atoms with Gasteiger partial charge in [0.15, 0.2) is 6.29 Å². The van der Waals surface area contributed by atoms with Crippen LogP contribution in [0.25, 0.3) is 11.1 Å². The van der Waals surface area contributed by atoms with Gasteiger partial charge in [-0.3, -0.25) is 0 Å². The largest absolute Gasteiger partial charge is 0.472 e. The zero-order chi connectivity index (χ0) is 22.7. The van der Waals surface area contributed by atoms with Crippen molar-refractivity contribution in [2.24, 2.45) is 0 Å². The van der Waals surface area contributed by atoms with Crippen LogP contribution in [0.1, 0.15) is 23.7 Å². The van der Waals surface area contributed by atoms with E-state index < -0.39 is 17.8 Å². The third-order valence-corrected chi connectivity index (χ3v) is 5.42. The Labute approximate surface area is 183 Å². The van der Waals surface area contributed by atoms with Crippen LogP contribution in [-0.2, 0) is 11.0 Å². The third kappa shape index (κ3) is 4.75. The van der Waals surface area contributed by atoms with E-state index in [1.807, 2.05) is 47.4 Å². The number of anilines is 1. The maximum absolute atomic E-state index is 12.7. The molecule has 1 fully saturated rings. The summed E-state index contributed by atoms with van der Waals surface area (Å²) in [7, 11) is 0. The second kappa shape index (κ2) is 9.00. The number of aliphatic hydroxyl groups excluding tert-OH is 1. The molecule has 0 bridgehead atoms. The number of benzene rings is 2. The average Bonchev–Trinajstić information content (AvgIpc) is 3.26. The van der Waals surface area contributed by atoms with Gasteiger partial charge in [0.2, 0.25) is 5.88 Å². The Bertz CT molecular complexity index is 1070. The van der Waals surface area contributed by atoms with Gasteiger partial charge in [-0.05, 0) is 29.3 Å². The van der Waals surface area contributed by atoms with Crippen LogP contribution in [0.15, 0.2) is 66.9 Å². The van der Waals surface area contributed by atoms with Crippen LogP contribution in [-0.4, -0.2) is 35.6 Å². The highest BCUT2D eigenvalue weighted by Crippen LogP contribution is 2.34. The molecule has 2 atom stereocenters. The quantitative estimate of drug-likeness (QED) is 0.563. The van der Waals surface area contributed by atoms with Gasteiger partial charge < -0.3 is 19.5 Å². The van der Waals surface area contributed by atoms with E-state index in [1.165, 1.54) is 6.07 Å². The van der Waals surface area contributed by atoms with Crippen molar-refractivity contribution < 1.29 is 27.8 Å². The molecule has 2 aromatic carbocycles. The number of rotatable bonds is 6. The van der Waals surface area contributed by atoms with Crippen molar-refractivity contribution in [3.8, 4) is 17.0 Å². The fraction of sp³-hybridized carbons (Fsp3) is 0.250. The highest BCUT2D eigenvalue weighted by Gasteiger charge is 2.31. The predicted molar refractivity (Wildman–Crippen MR) is 113 cm³/mol. The zero-order valence-electron chi connectivity index (χ0n) is 17.0. The molecular weight excluding hydrogens is 421 g/mol. The molecule has 32 heavy (non-hydrogen) atoms. The summed E-state index contributed by atoms with van der Waals surface area (Å²) in [4.78, 5) is 17.1. The Balaban J connectivity index is 1.51. The maximum Gasteiger partial charge on any atom is 0.417 e. The van der Waals surface area contributed by atoms with Crippen LogP contribution in [0.5, 0.6) is 5.88 Å². The van der Waals surface area contributed by atoms with Crippen molar-refractivity contribution in [2.75, 3.05) is 18.0 Å². The summed E-state index contributed by atoms with van der Waals surface area (Å²) in [6, 6.07) is 17.4. The molecule has 1 saturated heterocycles. The van der Waals surface area contributed by atoms with Crippen molar-refractivity contribution in [2.45, 2.75) is 24.8 Å². The van der Waals surface area contributed by atoms with Crippen LogP contribution in [0.4, 0.5) is 18.9 Å². The molecule has 1 aliphatic heterocycles. The number of aldehydes is 1. The lowest BCUT2D eigenvalue weighted by molar-refractivity contribution is -0.137. The monoisotopic (exact) mass is 442 g/mol. The minimum absolute atomic E-state index is 0.123. The van der Waals surface area contributed by atoms with E-state index in [4.69, 9.17) is 4.74 Å². The number of hydrogen-bond acceptors (Lipinski definition) is 5. The summed E-state index contributed by atoms with van der Waals surface area (Å²) in [5.74, 6) is 0.123. The van der Waals surface area contributed by atoms with Crippen molar-refractivity contribution in [3.63, 3.8) is 0 Å². The molecule has 0 saturated carbocycles. The standard InChI is InChI=1S/C24H21F3N2O3/c25-24(26,27)18-7-9-23(28-13-18)32-19-10-11-29(14-19)21-8-6-17(12-20(21)22(31)15-30)16-4-2-1-3-5-16/h1-9,12-13,15,19,22,31H,10-11,14H2/t19-,22-/m1/s1. The van der Waals surface area contributed by atoms with Crippen LogP contribution in [0.2, 0.25) is 0 Å². The number of carbonyl (C=O) groups is 1. The van der Waals surface area contributed by atoms with Gasteiger partial charge in [-0.15, -0.1) is 0 Å². The Morgan fingerprint density at radius 3 is 2.53 bits per heavy atom. The average molecular weight is 442 g/mol. The molecule has 1 N–H and O–H groups in total. The molecule has 0 spiro atoms. The lowest BCUT2D eigenvalue weighted by atomic mass is 9.99. The molecular formula is C24H21F3N2O3. The Kier molecular flexibility index (Phi) is 6.14. The van der Waals surface area contributed by atoms with Crippen molar-refractivity contribution >= 4 is 12.0 Å². The number of ether oxygens (including phenoxy) is 1. The number of carbonyl (C=O) groups excluding carboxylic acids is 1. The molecule has 8 heteroatoms. The second-order valence-corrected chi connectivity index (χ2v) is 7.58. The zero-order valence-corrected chi connectivity index (χ0v) is 17.0. The molecule has 0 amide bonds. The van der Waals surface area contributed by atoms with Crippen molar-refractivity contribution in [1.82, 2.24) is 4.98 Å². The minimum Gasteiger partial charge on any atom is -0.472 e. The summed E-state index contributed by atoms with van der Waals surface area (Å²) in [5, 5.41) is 10.3. The normalized spacial score (nSPS) is 17.2. The number of nitrogens with zero attached hydrogens (tertiary/aromatic N) is 2. The Hall–Kier alpha value is -3.39. The number of aromatic nitrogens is 1. The van der Waals surface area contributed by atoms with Crippen LogP contribution >= 0.6 is 0 Å². The van der Waals surface area contributed by atoms with E-state index in [0.717, 1.165) is 29.1 Å². The maximum atomic E-state index is 12.7. The topological polar surface area (TPSA) is 62.7 Å².